The third kappa shape index (κ3) is 7.46. The van der Waals surface area contributed by atoms with Gasteiger partial charge in [0.05, 0.1) is 6.33 Å². The van der Waals surface area contributed by atoms with Gasteiger partial charge in [0.25, 0.3) is 0 Å². The maximum absolute atomic E-state index is 13.3. The molecule has 0 aliphatic carbocycles. The number of amides is 1. The van der Waals surface area contributed by atoms with Crippen LogP contribution in [0, 0.1) is 0 Å². The van der Waals surface area contributed by atoms with Gasteiger partial charge in [-0.3, -0.25) is 4.79 Å². The lowest BCUT2D eigenvalue weighted by Crippen LogP contribution is -2.20. The minimum absolute atomic E-state index is 0.0525. The van der Waals surface area contributed by atoms with E-state index in [1.807, 2.05) is 29.2 Å². The first-order chi connectivity index (χ1) is 15.8. The predicted octanol–water partition coefficient (Wildman–Crippen LogP) is 7.58. The molecular weight excluding hydrogens is 430 g/mol. The van der Waals surface area contributed by atoms with Gasteiger partial charge in [-0.25, -0.2) is 4.98 Å². The summed E-state index contributed by atoms with van der Waals surface area (Å²) in [5, 5.41) is 3.97. The first kappa shape index (κ1) is 25.0. The Hall–Kier alpha value is -2.59. The monoisotopic (exact) mass is 465 g/mol. The van der Waals surface area contributed by atoms with Crippen molar-refractivity contribution in [2.24, 2.45) is 0 Å². The Morgan fingerprint density at radius 1 is 1.12 bits per heavy atom. The fourth-order valence-corrected chi connectivity index (χ4v) is 4.35. The largest absolute Gasteiger partial charge is 0.333 e. The lowest BCUT2D eigenvalue weighted by molar-refractivity contribution is -0.116. The number of carbonyl (C=O) groups is 1. The fraction of sp³-hybridized carbons (Fsp3) is 0.429. The molecule has 4 nitrogen and oxygen atoms in total. The van der Waals surface area contributed by atoms with Crippen LogP contribution in [-0.4, -0.2) is 15.5 Å². The smallest absolute Gasteiger partial charge is 0.224 e. The molecule has 2 aromatic carbocycles. The second kappa shape index (κ2) is 11.5. The van der Waals surface area contributed by atoms with Gasteiger partial charge in [0, 0.05) is 36.1 Å². The van der Waals surface area contributed by atoms with Crippen molar-refractivity contribution in [3.8, 4) is 0 Å². The summed E-state index contributed by atoms with van der Waals surface area (Å²) in [7, 11) is 0. The number of anilines is 1. The highest BCUT2D eigenvalue weighted by molar-refractivity contribution is 6.30. The third-order valence-corrected chi connectivity index (χ3v) is 6.27. The topological polar surface area (TPSA) is 46.9 Å². The Balaban J connectivity index is 1.79. The molecule has 0 radical (unpaired) electrons. The first-order valence-electron chi connectivity index (χ1n) is 11.9. The molecule has 3 rings (SSSR count). The van der Waals surface area contributed by atoms with Crippen molar-refractivity contribution in [1.82, 2.24) is 9.55 Å². The minimum Gasteiger partial charge on any atom is -0.333 e. The Morgan fingerprint density at radius 2 is 1.88 bits per heavy atom. The number of nitrogens with zero attached hydrogens (tertiary/aromatic N) is 2. The quantitative estimate of drug-likeness (QED) is 0.314. The average Bonchev–Trinajstić information content (AvgIpc) is 3.26. The molecule has 0 saturated carbocycles. The van der Waals surface area contributed by atoms with E-state index in [4.69, 9.17) is 11.6 Å². The summed E-state index contributed by atoms with van der Waals surface area (Å²) >= 11 is 6.10. The van der Waals surface area contributed by atoms with E-state index in [0.717, 1.165) is 47.6 Å². The van der Waals surface area contributed by atoms with Crippen LogP contribution in [0.4, 0.5) is 5.69 Å². The molecule has 1 unspecified atom stereocenters. The molecule has 0 aliphatic heterocycles. The van der Waals surface area contributed by atoms with Crippen molar-refractivity contribution in [1.29, 1.82) is 0 Å². The van der Waals surface area contributed by atoms with Crippen LogP contribution in [0.2, 0.25) is 5.02 Å². The van der Waals surface area contributed by atoms with Gasteiger partial charge in [-0.05, 0) is 52.6 Å². The Morgan fingerprint density at radius 3 is 2.52 bits per heavy atom. The number of imidazole rings is 1. The summed E-state index contributed by atoms with van der Waals surface area (Å²) in [5.41, 5.74) is 4.27. The molecule has 3 aromatic rings. The van der Waals surface area contributed by atoms with Gasteiger partial charge in [0.15, 0.2) is 0 Å². The zero-order valence-corrected chi connectivity index (χ0v) is 21.0. The van der Waals surface area contributed by atoms with Crippen LogP contribution < -0.4 is 5.32 Å². The molecule has 1 amide bonds. The molecular formula is C28H36ClN3O. The minimum atomic E-state index is -0.0765. The molecule has 5 heteroatoms. The van der Waals surface area contributed by atoms with Crippen LogP contribution in [0.1, 0.15) is 82.4 Å². The van der Waals surface area contributed by atoms with Crippen molar-refractivity contribution in [3.05, 3.63) is 82.9 Å². The number of aromatic nitrogens is 2. The molecule has 1 atom stereocenters. The summed E-state index contributed by atoms with van der Waals surface area (Å²) in [6.45, 7) is 9.45. The van der Waals surface area contributed by atoms with E-state index in [9.17, 15) is 4.79 Å². The third-order valence-electron chi connectivity index (χ3n) is 6.02. The maximum Gasteiger partial charge on any atom is 0.224 e. The van der Waals surface area contributed by atoms with E-state index >= 15 is 0 Å². The fourth-order valence-electron chi connectivity index (χ4n) is 4.23. The van der Waals surface area contributed by atoms with Crippen molar-refractivity contribution >= 4 is 23.2 Å². The van der Waals surface area contributed by atoms with Gasteiger partial charge >= 0.3 is 0 Å². The summed E-state index contributed by atoms with van der Waals surface area (Å²) in [5.74, 6) is 0.234. The number of benzene rings is 2. The van der Waals surface area contributed by atoms with Gasteiger partial charge in [-0.15, -0.1) is 0 Å². The zero-order valence-electron chi connectivity index (χ0n) is 20.3. The number of unbranched alkanes of at least 4 members (excludes halogenated alkanes) is 2. The molecule has 1 N–H and O–H groups in total. The molecule has 0 aliphatic rings. The van der Waals surface area contributed by atoms with Crippen LogP contribution in [0.25, 0.3) is 0 Å². The van der Waals surface area contributed by atoms with E-state index in [-0.39, 0.29) is 17.2 Å². The number of carbonyl (C=O) groups excluding carboxylic acids is 1. The number of halogens is 1. The molecule has 176 valence electrons. The Bertz CT molecular complexity index is 1020. The van der Waals surface area contributed by atoms with Crippen molar-refractivity contribution < 1.29 is 4.79 Å². The van der Waals surface area contributed by atoms with E-state index in [1.165, 1.54) is 12.0 Å². The second-order valence-electron chi connectivity index (χ2n) is 9.86. The van der Waals surface area contributed by atoms with E-state index in [1.54, 1.807) is 6.20 Å². The Kier molecular flexibility index (Phi) is 8.74. The van der Waals surface area contributed by atoms with Crippen molar-refractivity contribution in [3.63, 3.8) is 0 Å². The summed E-state index contributed by atoms with van der Waals surface area (Å²) in [6.07, 6.45) is 10.4. The van der Waals surface area contributed by atoms with Crippen LogP contribution in [0.3, 0.4) is 0 Å². The number of hydrogen-bond acceptors (Lipinski definition) is 2. The van der Waals surface area contributed by atoms with Gasteiger partial charge in [-0.1, -0.05) is 82.8 Å². The van der Waals surface area contributed by atoms with Crippen LogP contribution in [-0.2, 0) is 16.8 Å². The SMILES string of the molecule is CCCCCC(CC(=O)Nc1cc(Cn2ccnc2)ccc1C(C)(C)C)c1ccc(Cl)cc1. The van der Waals surface area contributed by atoms with Crippen molar-refractivity contribution in [2.75, 3.05) is 5.32 Å². The molecule has 0 bridgehead atoms. The van der Waals surface area contributed by atoms with E-state index < -0.39 is 0 Å². The molecule has 1 aromatic heterocycles. The normalized spacial score (nSPS) is 12.5. The van der Waals surface area contributed by atoms with E-state index in [2.05, 4.69) is 68.3 Å². The van der Waals surface area contributed by atoms with Gasteiger partial charge in [0.2, 0.25) is 5.91 Å². The summed E-state index contributed by atoms with van der Waals surface area (Å²) in [4.78, 5) is 17.4. The number of rotatable bonds is 10. The van der Waals surface area contributed by atoms with Gasteiger partial charge in [0.1, 0.15) is 0 Å². The lowest BCUT2D eigenvalue weighted by atomic mass is 9.85. The predicted molar refractivity (Wildman–Crippen MR) is 138 cm³/mol. The van der Waals surface area contributed by atoms with Crippen LogP contribution >= 0.6 is 11.6 Å². The number of hydrogen-bond donors (Lipinski definition) is 1. The molecule has 0 saturated heterocycles. The zero-order chi connectivity index (χ0) is 23.8. The highest BCUT2D eigenvalue weighted by atomic mass is 35.5. The van der Waals surface area contributed by atoms with Crippen LogP contribution in [0.15, 0.2) is 61.2 Å². The summed E-state index contributed by atoms with van der Waals surface area (Å²) in [6, 6.07) is 14.3. The molecule has 1 heterocycles. The van der Waals surface area contributed by atoms with Gasteiger partial charge < -0.3 is 9.88 Å². The molecule has 33 heavy (non-hydrogen) atoms. The number of nitrogens with one attached hydrogen (secondary N) is 1. The average molecular weight is 466 g/mol. The summed E-state index contributed by atoms with van der Waals surface area (Å²) < 4.78 is 2.03. The van der Waals surface area contributed by atoms with Crippen molar-refractivity contribution in [2.45, 2.75) is 77.7 Å². The lowest BCUT2D eigenvalue weighted by Gasteiger charge is -2.25. The second-order valence-corrected chi connectivity index (χ2v) is 10.3. The van der Waals surface area contributed by atoms with Crippen LogP contribution in [0.5, 0.6) is 0 Å². The maximum atomic E-state index is 13.3. The van der Waals surface area contributed by atoms with Gasteiger partial charge in [-0.2, -0.15) is 0 Å². The van der Waals surface area contributed by atoms with E-state index in [0.29, 0.717) is 6.42 Å². The molecule has 0 fully saturated rings. The highest BCUT2D eigenvalue weighted by Gasteiger charge is 2.21. The molecule has 0 spiro atoms. The Labute approximate surface area is 203 Å². The highest BCUT2D eigenvalue weighted by Crippen LogP contribution is 2.32. The standard InChI is InChI=1S/C28H36ClN3O/c1-5-6-7-8-23(22-10-12-24(29)13-11-22)18-27(33)31-26-17-21(19-32-16-15-30-20-32)9-14-25(26)28(2,3)4/h9-17,20,23H,5-8,18-19H2,1-4H3,(H,31,33). The first-order valence-corrected chi connectivity index (χ1v) is 12.3.